The van der Waals surface area contributed by atoms with Crippen molar-refractivity contribution in [2.24, 2.45) is 5.92 Å². The van der Waals surface area contributed by atoms with Crippen LogP contribution in [0.2, 0.25) is 0 Å². The van der Waals surface area contributed by atoms with Crippen molar-refractivity contribution >= 4 is 5.91 Å². The highest BCUT2D eigenvalue weighted by molar-refractivity contribution is 5.87. The number of aryl methyl sites for hydroxylation is 1. The predicted molar refractivity (Wildman–Crippen MR) is 132 cm³/mol. The zero-order chi connectivity index (χ0) is 23.8. The van der Waals surface area contributed by atoms with Crippen molar-refractivity contribution in [2.45, 2.75) is 63.5 Å². The Labute approximate surface area is 199 Å². The normalized spacial score (nSPS) is 19.1. The molecule has 5 nitrogen and oxygen atoms in total. The summed E-state index contributed by atoms with van der Waals surface area (Å²) in [6.45, 7) is 3.61. The molecule has 33 heavy (non-hydrogen) atoms. The molecule has 0 radical (unpaired) electrons. The zero-order valence-electron chi connectivity index (χ0n) is 20.5. The molecule has 0 bridgehead atoms. The number of amides is 1. The van der Waals surface area contributed by atoms with E-state index >= 15 is 0 Å². The van der Waals surface area contributed by atoms with Crippen molar-refractivity contribution in [3.63, 3.8) is 0 Å². The van der Waals surface area contributed by atoms with Gasteiger partial charge in [0.15, 0.2) is 5.60 Å². The lowest BCUT2D eigenvalue weighted by molar-refractivity contribution is -0.887. The van der Waals surface area contributed by atoms with Crippen LogP contribution >= 0.6 is 0 Å². The summed E-state index contributed by atoms with van der Waals surface area (Å²) in [6, 6.07) is 17.5. The van der Waals surface area contributed by atoms with Crippen LogP contribution in [0, 0.1) is 5.92 Å². The van der Waals surface area contributed by atoms with Crippen molar-refractivity contribution in [3.05, 3.63) is 65.7 Å². The molecule has 1 saturated heterocycles. The SMILES string of the molecule is CCc1ccc(O)cc1.C[NH+](C)C1CCN(C(=O)C(O)(c2ccccc2)C2CCCC2)CC1. The van der Waals surface area contributed by atoms with Crippen molar-refractivity contribution in [3.8, 4) is 5.75 Å². The van der Waals surface area contributed by atoms with E-state index in [2.05, 4.69) is 21.0 Å². The number of aromatic hydroxyl groups is 1. The highest BCUT2D eigenvalue weighted by atomic mass is 16.3. The molecule has 2 aromatic rings. The Morgan fingerprint density at radius 3 is 2.06 bits per heavy atom. The minimum Gasteiger partial charge on any atom is -0.508 e. The van der Waals surface area contributed by atoms with Gasteiger partial charge in [-0.1, -0.05) is 62.2 Å². The van der Waals surface area contributed by atoms with Crippen LogP contribution in [0.1, 0.15) is 56.6 Å². The average molecular weight is 454 g/mol. The Bertz CT molecular complexity index is 854. The highest BCUT2D eigenvalue weighted by Gasteiger charge is 2.48. The third kappa shape index (κ3) is 6.15. The van der Waals surface area contributed by atoms with Gasteiger partial charge in [0.2, 0.25) is 0 Å². The Hall–Kier alpha value is -2.37. The van der Waals surface area contributed by atoms with Crippen LogP contribution < -0.4 is 4.90 Å². The van der Waals surface area contributed by atoms with E-state index in [9.17, 15) is 9.90 Å². The van der Waals surface area contributed by atoms with Gasteiger partial charge in [0.05, 0.1) is 20.1 Å². The summed E-state index contributed by atoms with van der Waals surface area (Å²) >= 11 is 0. The van der Waals surface area contributed by atoms with Crippen LogP contribution in [0.15, 0.2) is 54.6 Å². The second-order valence-corrected chi connectivity index (χ2v) is 9.78. The Morgan fingerprint density at radius 1 is 0.970 bits per heavy atom. The van der Waals surface area contributed by atoms with Crippen LogP contribution in [0.5, 0.6) is 5.75 Å². The van der Waals surface area contributed by atoms with E-state index in [0.29, 0.717) is 11.8 Å². The maximum absolute atomic E-state index is 13.4. The van der Waals surface area contributed by atoms with E-state index in [0.717, 1.165) is 63.6 Å². The number of piperidine rings is 1. The largest absolute Gasteiger partial charge is 0.508 e. The number of rotatable bonds is 5. The molecule has 1 saturated carbocycles. The maximum atomic E-state index is 13.4. The van der Waals surface area contributed by atoms with Gasteiger partial charge in [-0.15, -0.1) is 0 Å². The van der Waals surface area contributed by atoms with E-state index in [1.54, 1.807) is 12.1 Å². The van der Waals surface area contributed by atoms with Gasteiger partial charge in [-0.2, -0.15) is 0 Å². The first-order valence-electron chi connectivity index (χ1n) is 12.5. The monoisotopic (exact) mass is 453 g/mol. The lowest BCUT2D eigenvalue weighted by Gasteiger charge is -2.40. The Balaban J connectivity index is 0.000000286. The first-order chi connectivity index (χ1) is 15.9. The summed E-state index contributed by atoms with van der Waals surface area (Å²) in [6.07, 6.45) is 7.16. The smallest absolute Gasteiger partial charge is 0.259 e. The minimum absolute atomic E-state index is 0.0459. The lowest BCUT2D eigenvalue weighted by Crippen LogP contribution is -3.10. The summed E-state index contributed by atoms with van der Waals surface area (Å²) in [5.41, 5.74) is 0.672. The number of phenols is 1. The standard InChI is InChI=1S/C20H30N2O2.C8H10O/c1-21(2)18-12-14-22(15-13-18)19(23)20(24,17-10-6-7-11-17)16-8-4-3-5-9-16;1-2-7-3-5-8(9)6-4-7/h3-5,8-9,17-18,24H,6-7,10-15H2,1-2H3;3-6,9H,2H2,1H3/p+1. The third-order valence-corrected chi connectivity index (χ3v) is 7.43. The molecule has 5 heteroatoms. The minimum atomic E-state index is -1.35. The number of carbonyl (C=O) groups excluding carboxylic acids is 1. The third-order valence-electron chi connectivity index (χ3n) is 7.43. The van der Waals surface area contributed by atoms with Crippen molar-refractivity contribution in [1.82, 2.24) is 4.90 Å². The van der Waals surface area contributed by atoms with E-state index in [1.807, 2.05) is 47.4 Å². The van der Waals surface area contributed by atoms with Crippen LogP contribution in [-0.4, -0.2) is 54.2 Å². The number of nitrogens with zero attached hydrogens (tertiary/aromatic N) is 1. The number of nitrogens with one attached hydrogen (secondary N) is 1. The van der Waals surface area contributed by atoms with Crippen LogP contribution in [0.4, 0.5) is 0 Å². The molecule has 180 valence electrons. The van der Waals surface area contributed by atoms with Crippen LogP contribution in [0.25, 0.3) is 0 Å². The topological polar surface area (TPSA) is 65.2 Å². The van der Waals surface area contributed by atoms with Gasteiger partial charge in [0, 0.05) is 31.8 Å². The molecule has 1 unspecified atom stereocenters. The van der Waals surface area contributed by atoms with E-state index in [1.165, 1.54) is 10.5 Å². The summed E-state index contributed by atoms with van der Waals surface area (Å²) in [7, 11) is 4.36. The Morgan fingerprint density at radius 2 is 1.55 bits per heavy atom. The van der Waals surface area contributed by atoms with Gasteiger partial charge < -0.3 is 20.0 Å². The predicted octanol–water partition coefficient (Wildman–Crippen LogP) is 3.15. The molecule has 0 spiro atoms. The van der Waals surface area contributed by atoms with E-state index < -0.39 is 5.60 Å². The number of carbonyl (C=O) groups is 1. The summed E-state index contributed by atoms with van der Waals surface area (Å²) < 4.78 is 0. The van der Waals surface area contributed by atoms with Gasteiger partial charge in [-0.05, 0) is 42.5 Å². The molecule has 1 amide bonds. The van der Waals surface area contributed by atoms with E-state index in [-0.39, 0.29) is 11.8 Å². The van der Waals surface area contributed by atoms with Crippen molar-refractivity contribution < 1.29 is 19.9 Å². The summed E-state index contributed by atoms with van der Waals surface area (Å²) in [5, 5.41) is 20.4. The van der Waals surface area contributed by atoms with Gasteiger partial charge in [0.25, 0.3) is 5.91 Å². The molecule has 2 aromatic carbocycles. The molecule has 0 aromatic heterocycles. The second kappa shape index (κ2) is 11.7. The fourth-order valence-corrected chi connectivity index (χ4v) is 5.20. The number of benzene rings is 2. The lowest BCUT2D eigenvalue weighted by atomic mass is 9.78. The molecular weight excluding hydrogens is 412 g/mol. The molecular formula is C28H41N2O3+. The first-order valence-corrected chi connectivity index (χ1v) is 12.5. The number of hydrogen-bond acceptors (Lipinski definition) is 3. The van der Waals surface area contributed by atoms with Gasteiger partial charge >= 0.3 is 0 Å². The number of phenolic OH excluding ortho intramolecular Hbond substituents is 1. The molecule has 1 aliphatic heterocycles. The second-order valence-electron chi connectivity index (χ2n) is 9.78. The highest BCUT2D eigenvalue weighted by Crippen LogP contribution is 2.42. The van der Waals surface area contributed by atoms with Crippen molar-refractivity contribution in [2.75, 3.05) is 27.2 Å². The molecule has 1 aliphatic carbocycles. The number of likely N-dealkylation sites (tertiary alicyclic amines) is 1. The summed E-state index contributed by atoms with van der Waals surface area (Å²) in [5.74, 6) is 0.310. The average Bonchev–Trinajstić information content (AvgIpc) is 3.40. The van der Waals surface area contributed by atoms with Crippen LogP contribution in [0.3, 0.4) is 0 Å². The molecule has 1 atom stereocenters. The first kappa shape index (κ1) is 25.3. The maximum Gasteiger partial charge on any atom is 0.259 e. The molecule has 1 heterocycles. The number of quaternary nitrogens is 1. The van der Waals surface area contributed by atoms with Crippen molar-refractivity contribution in [1.29, 1.82) is 0 Å². The zero-order valence-corrected chi connectivity index (χ0v) is 20.5. The summed E-state index contributed by atoms with van der Waals surface area (Å²) in [4.78, 5) is 16.7. The number of hydrogen-bond donors (Lipinski definition) is 3. The van der Waals surface area contributed by atoms with Gasteiger partial charge in [-0.3, -0.25) is 4.79 Å². The number of aliphatic hydroxyl groups is 1. The Kier molecular flexibility index (Phi) is 8.93. The van der Waals surface area contributed by atoms with Gasteiger partial charge in [-0.25, -0.2) is 0 Å². The van der Waals surface area contributed by atoms with Crippen LogP contribution in [-0.2, 0) is 16.8 Å². The molecule has 2 fully saturated rings. The molecule has 2 aliphatic rings. The molecule has 3 N–H and O–H groups in total. The fourth-order valence-electron chi connectivity index (χ4n) is 5.20. The van der Waals surface area contributed by atoms with E-state index in [4.69, 9.17) is 5.11 Å². The fraction of sp³-hybridized carbons (Fsp3) is 0.536. The quantitative estimate of drug-likeness (QED) is 0.652. The van der Waals surface area contributed by atoms with Gasteiger partial charge in [0.1, 0.15) is 5.75 Å². The molecule has 4 rings (SSSR count).